The van der Waals surface area contributed by atoms with Gasteiger partial charge in [0.25, 0.3) is 0 Å². The number of carbonyl (C=O) groups excluding carboxylic acids is 1. The minimum Gasteiger partial charge on any atom is -0.434 e. The summed E-state index contributed by atoms with van der Waals surface area (Å²) in [6, 6.07) is 0. The van der Waals surface area contributed by atoms with Gasteiger partial charge in [-0.1, -0.05) is 27.4 Å². The molecule has 0 N–H and O–H groups in total. The van der Waals surface area contributed by atoms with Gasteiger partial charge in [0.2, 0.25) is 0 Å². The Labute approximate surface area is 86.1 Å². The predicted octanol–water partition coefficient (Wildman–Crippen LogP) is 3.15. The summed E-state index contributed by atoms with van der Waals surface area (Å²) in [5, 5.41) is 0. The van der Waals surface area contributed by atoms with E-state index in [1.807, 2.05) is 20.8 Å². The molecule has 0 aromatic rings. The number of hydrogen-bond donors (Lipinski definition) is 0. The highest BCUT2D eigenvalue weighted by Gasteiger charge is 2.23. The topological polar surface area (TPSA) is 35.5 Å². The molecule has 3 nitrogen and oxygen atoms in total. The van der Waals surface area contributed by atoms with Crippen LogP contribution in [-0.2, 0) is 9.47 Å². The molecule has 0 aliphatic rings. The van der Waals surface area contributed by atoms with Crippen molar-refractivity contribution in [2.75, 3.05) is 6.61 Å². The maximum Gasteiger partial charge on any atom is 0.509 e. The van der Waals surface area contributed by atoms with E-state index in [2.05, 4.69) is 6.58 Å². The first kappa shape index (κ1) is 13.0. The first-order chi connectivity index (χ1) is 6.43. The third-order valence-corrected chi connectivity index (χ3v) is 1.98. The van der Waals surface area contributed by atoms with Gasteiger partial charge in [0.15, 0.2) is 0 Å². The smallest absolute Gasteiger partial charge is 0.434 e. The number of carbonyl (C=O) groups is 1. The maximum atomic E-state index is 11.2. The second kappa shape index (κ2) is 5.68. The van der Waals surface area contributed by atoms with Crippen LogP contribution >= 0.6 is 0 Å². The van der Waals surface area contributed by atoms with E-state index in [1.54, 1.807) is 13.0 Å². The number of ether oxygens (including phenoxy) is 2. The van der Waals surface area contributed by atoms with Crippen molar-refractivity contribution in [2.45, 2.75) is 39.7 Å². The molecule has 3 heteroatoms. The summed E-state index contributed by atoms with van der Waals surface area (Å²) in [6.45, 7) is 11.7. The van der Waals surface area contributed by atoms with E-state index >= 15 is 0 Å². The van der Waals surface area contributed by atoms with Crippen LogP contribution < -0.4 is 0 Å². The Bertz CT molecular complexity index is 199. The minimum atomic E-state index is -0.622. The lowest BCUT2D eigenvalue weighted by Crippen LogP contribution is -2.29. The summed E-state index contributed by atoms with van der Waals surface area (Å²) in [6.07, 6.45) is 1.68. The van der Waals surface area contributed by atoms with Crippen molar-refractivity contribution in [1.82, 2.24) is 0 Å². The van der Waals surface area contributed by atoms with Gasteiger partial charge < -0.3 is 9.47 Å². The van der Waals surface area contributed by atoms with Gasteiger partial charge in [-0.05, 0) is 25.3 Å². The summed E-state index contributed by atoms with van der Waals surface area (Å²) in [4.78, 5) is 11.2. The summed E-state index contributed by atoms with van der Waals surface area (Å²) in [7, 11) is 0. The molecule has 0 aromatic carbocycles. The summed E-state index contributed by atoms with van der Waals surface area (Å²) < 4.78 is 10.0. The predicted molar refractivity (Wildman–Crippen MR) is 56.2 cm³/mol. The Morgan fingerprint density at radius 1 is 1.57 bits per heavy atom. The molecule has 0 fully saturated rings. The average molecular weight is 200 g/mol. The second-order valence-electron chi connectivity index (χ2n) is 3.93. The Hall–Kier alpha value is -0.990. The molecule has 0 aliphatic carbocycles. The third-order valence-electron chi connectivity index (χ3n) is 1.98. The van der Waals surface area contributed by atoms with Crippen LogP contribution in [0, 0.1) is 5.92 Å². The lowest BCUT2D eigenvalue weighted by molar-refractivity contribution is -0.00805. The fraction of sp³-hybridized carbons (Fsp3) is 0.727. The molecule has 0 saturated carbocycles. The molecule has 0 aliphatic heterocycles. The van der Waals surface area contributed by atoms with Crippen LogP contribution in [-0.4, -0.2) is 18.4 Å². The van der Waals surface area contributed by atoms with E-state index in [0.717, 1.165) is 0 Å². The summed E-state index contributed by atoms with van der Waals surface area (Å²) in [5.74, 6) is 0.319. The van der Waals surface area contributed by atoms with Crippen LogP contribution in [0.4, 0.5) is 4.79 Å². The van der Waals surface area contributed by atoms with Gasteiger partial charge in [0.05, 0.1) is 6.61 Å². The van der Waals surface area contributed by atoms with Crippen molar-refractivity contribution >= 4 is 6.16 Å². The SMILES string of the molecule is C=CC(C)(CC)OC(=O)OCC(C)C. The van der Waals surface area contributed by atoms with Crippen LogP contribution in [0.5, 0.6) is 0 Å². The largest absolute Gasteiger partial charge is 0.509 e. The van der Waals surface area contributed by atoms with Gasteiger partial charge in [-0.3, -0.25) is 0 Å². The fourth-order valence-electron chi connectivity index (χ4n) is 0.713. The molecular weight excluding hydrogens is 180 g/mol. The maximum absolute atomic E-state index is 11.2. The molecule has 0 rings (SSSR count). The zero-order valence-electron chi connectivity index (χ0n) is 9.50. The number of hydrogen-bond acceptors (Lipinski definition) is 3. The van der Waals surface area contributed by atoms with E-state index in [0.29, 0.717) is 18.9 Å². The normalized spacial score (nSPS) is 14.6. The fourth-order valence-corrected chi connectivity index (χ4v) is 0.713. The highest BCUT2D eigenvalue weighted by atomic mass is 16.7. The first-order valence-electron chi connectivity index (χ1n) is 4.93. The second-order valence-corrected chi connectivity index (χ2v) is 3.93. The Kier molecular flexibility index (Phi) is 5.28. The van der Waals surface area contributed by atoms with Crippen molar-refractivity contribution in [1.29, 1.82) is 0 Å². The molecule has 0 bridgehead atoms. The highest BCUT2D eigenvalue weighted by Crippen LogP contribution is 2.17. The molecule has 1 unspecified atom stereocenters. The molecule has 0 heterocycles. The molecule has 0 radical (unpaired) electrons. The standard InChI is InChI=1S/C11H20O3/c1-6-11(5,7-2)14-10(12)13-8-9(3)4/h6,9H,1,7-8H2,2-5H3. The quantitative estimate of drug-likeness (QED) is 0.505. The molecule has 14 heavy (non-hydrogen) atoms. The monoisotopic (exact) mass is 200 g/mol. The van der Waals surface area contributed by atoms with Crippen molar-refractivity contribution < 1.29 is 14.3 Å². The van der Waals surface area contributed by atoms with E-state index in [4.69, 9.17) is 9.47 Å². The molecule has 82 valence electrons. The van der Waals surface area contributed by atoms with E-state index in [9.17, 15) is 4.79 Å². The van der Waals surface area contributed by atoms with Crippen LogP contribution in [0.2, 0.25) is 0 Å². The molecule has 0 spiro atoms. The molecule has 0 aromatic heterocycles. The van der Waals surface area contributed by atoms with Gasteiger partial charge in [0.1, 0.15) is 5.60 Å². The van der Waals surface area contributed by atoms with E-state index in [-0.39, 0.29) is 0 Å². The molecule has 1 atom stereocenters. The average Bonchev–Trinajstić information content (AvgIpc) is 2.14. The van der Waals surface area contributed by atoms with Gasteiger partial charge in [-0.15, -0.1) is 0 Å². The first-order valence-corrected chi connectivity index (χ1v) is 4.93. The summed E-state index contributed by atoms with van der Waals surface area (Å²) in [5.41, 5.74) is -0.617. The Balaban J connectivity index is 3.98. The van der Waals surface area contributed by atoms with Crippen LogP contribution in [0.25, 0.3) is 0 Å². The van der Waals surface area contributed by atoms with Crippen molar-refractivity contribution in [3.63, 3.8) is 0 Å². The zero-order chi connectivity index (χ0) is 11.2. The lowest BCUT2D eigenvalue weighted by atomic mass is 10.0. The Morgan fingerprint density at radius 3 is 2.50 bits per heavy atom. The molecule has 0 saturated heterocycles. The van der Waals surface area contributed by atoms with Crippen molar-refractivity contribution in [2.24, 2.45) is 5.92 Å². The van der Waals surface area contributed by atoms with Crippen LogP contribution in [0.3, 0.4) is 0 Å². The van der Waals surface area contributed by atoms with Crippen LogP contribution in [0.15, 0.2) is 12.7 Å². The Morgan fingerprint density at radius 2 is 2.14 bits per heavy atom. The summed E-state index contributed by atoms with van der Waals surface area (Å²) >= 11 is 0. The van der Waals surface area contributed by atoms with E-state index < -0.39 is 11.8 Å². The third kappa shape index (κ3) is 4.90. The molecule has 0 amide bonds. The van der Waals surface area contributed by atoms with Crippen molar-refractivity contribution in [3.8, 4) is 0 Å². The minimum absolute atomic E-state index is 0.319. The van der Waals surface area contributed by atoms with Crippen LogP contribution in [0.1, 0.15) is 34.1 Å². The van der Waals surface area contributed by atoms with Gasteiger partial charge in [-0.2, -0.15) is 0 Å². The number of rotatable bonds is 5. The lowest BCUT2D eigenvalue weighted by Gasteiger charge is -2.23. The molecular formula is C11H20O3. The van der Waals surface area contributed by atoms with E-state index in [1.165, 1.54) is 0 Å². The van der Waals surface area contributed by atoms with Gasteiger partial charge in [-0.25, -0.2) is 4.79 Å². The highest BCUT2D eigenvalue weighted by molar-refractivity contribution is 5.60. The van der Waals surface area contributed by atoms with Gasteiger partial charge in [0, 0.05) is 0 Å². The van der Waals surface area contributed by atoms with Gasteiger partial charge >= 0.3 is 6.16 Å². The zero-order valence-corrected chi connectivity index (χ0v) is 9.50. The van der Waals surface area contributed by atoms with Crippen molar-refractivity contribution in [3.05, 3.63) is 12.7 Å².